The summed E-state index contributed by atoms with van der Waals surface area (Å²) in [6.07, 6.45) is -0.0459. The Labute approximate surface area is 181 Å². The van der Waals surface area contributed by atoms with Gasteiger partial charge in [-0.1, -0.05) is 36.4 Å². The van der Waals surface area contributed by atoms with Gasteiger partial charge in [-0.25, -0.2) is 13.6 Å². The second-order valence-electron chi connectivity index (χ2n) is 9.21. The molecule has 1 saturated heterocycles. The van der Waals surface area contributed by atoms with E-state index in [1.807, 2.05) is 57.3 Å². The normalized spacial score (nSPS) is 17.5. The minimum Gasteiger partial charge on any atom is -0.443 e. The van der Waals surface area contributed by atoms with Crippen LogP contribution in [0.3, 0.4) is 0 Å². The quantitative estimate of drug-likeness (QED) is 0.487. The van der Waals surface area contributed by atoms with Crippen LogP contribution in [0.25, 0.3) is 10.9 Å². The molecule has 1 fully saturated rings. The number of carbonyl (C=O) groups excluding carboxylic acids is 1. The number of para-hydroxylation sites is 1. The molecule has 0 saturated carbocycles. The van der Waals surface area contributed by atoms with Crippen molar-refractivity contribution in [3.8, 4) is 0 Å². The third-order valence-electron chi connectivity index (χ3n) is 5.69. The minimum atomic E-state index is -2.45. The zero-order valence-electron chi connectivity index (χ0n) is 18.1. The molecular weight excluding hydrogens is 398 g/mol. The maximum absolute atomic E-state index is 13.1. The van der Waals surface area contributed by atoms with Crippen LogP contribution in [0.4, 0.5) is 13.6 Å². The molecule has 2 heterocycles. The second-order valence-corrected chi connectivity index (χ2v) is 9.21. The van der Waals surface area contributed by atoms with Crippen molar-refractivity contribution >= 4 is 17.0 Å². The van der Waals surface area contributed by atoms with Gasteiger partial charge in [-0.3, -0.25) is 9.47 Å². The Balaban J connectivity index is 1.53. The summed E-state index contributed by atoms with van der Waals surface area (Å²) >= 11 is 0. The molecule has 1 aromatic heterocycles. The van der Waals surface area contributed by atoms with Crippen LogP contribution in [0.2, 0.25) is 0 Å². The molecule has 2 aromatic carbocycles. The Morgan fingerprint density at radius 3 is 2.68 bits per heavy atom. The predicted molar refractivity (Wildman–Crippen MR) is 118 cm³/mol. The van der Waals surface area contributed by atoms with Gasteiger partial charge in [0.2, 0.25) is 0 Å². The fraction of sp³-hybridized carbons (Fsp3) is 0.400. The molecule has 1 aliphatic heterocycles. The number of fused-ring (bicyclic) bond motifs is 1. The van der Waals surface area contributed by atoms with Crippen molar-refractivity contribution < 1.29 is 18.3 Å². The van der Waals surface area contributed by atoms with Gasteiger partial charge in [0.15, 0.2) is 0 Å². The Bertz CT molecular complexity index is 1080. The topological polar surface area (TPSA) is 34.5 Å². The van der Waals surface area contributed by atoms with Crippen LogP contribution in [0.15, 0.2) is 54.7 Å². The van der Waals surface area contributed by atoms with E-state index in [4.69, 9.17) is 4.74 Å². The number of alkyl halides is 2. The van der Waals surface area contributed by atoms with E-state index in [9.17, 15) is 13.6 Å². The third kappa shape index (κ3) is 4.79. The van der Waals surface area contributed by atoms with Gasteiger partial charge in [-0.15, -0.1) is 0 Å². The lowest BCUT2D eigenvalue weighted by atomic mass is 9.97. The highest BCUT2D eigenvalue weighted by atomic mass is 19.3. The van der Waals surface area contributed by atoms with E-state index in [1.165, 1.54) is 6.07 Å². The van der Waals surface area contributed by atoms with E-state index in [0.717, 1.165) is 41.5 Å². The lowest BCUT2D eigenvalue weighted by Crippen LogP contribution is -2.26. The van der Waals surface area contributed by atoms with Crippen molar-refractivity contribution in [3.63, 3.8) is 0 Å². The zero-order valence-corrected chi connectivity index (χ0v) is 18.1. The van der Waals surface area contributed by atoms with Crippen molar-refractivity contribution in [2.45, 2.75) is 51.7 Å². The van der Waals surface area contributed by atoms with Gasteiger partial charge in [0.25, 0.3) is 6.43 Å². The summed E-state index contributed by atoms with van der Waals surface area (Å²) in [6, 6.07) is 14.6. The van der Waals surface area contributed by atoms with Crippen LogP contribution in [-0.2, 0) is 11.3 Å². The van der Waals surface area contributed by atoms with Crippen molar-refractivity contribution in [2.24, 2.45) is 0 Å². The first kappa shape index (κ1) is 21.5. The van der Waals surface area contributed by atoms with Crippen molar-refractivity contribution in [1.29, 1.82) is 0 Å². The monoisotopic (exact) mass is 426 g/mol. The molecule has 1 unspecified atom stereocenters. The maximum Gasteiger partial charge on any atom is 0.419 e. The van der Waals surface area contributed by atoms with Crippen LogP contribution in [0.5, 0.6) is 0 Å². The van der Waals surface area contributed by atoms with Crippen LogP contribution in [0, 0.1) is 0 Å². The summed E-state index contributed by atoms with van der Waals surface area (Å²) in [4.78, 5) is 15.0. The number of rotatable bonds is 4. The molecule has 0 N–H and O–H groups in total. The molecular formula is C25H28F2N2O2. The maximum atomic E-state index is 13.1. The predicted octanol–water partition coefficient (Wildman–Crippen LogP) is 6.35. The molecule has 6 heteroatoms. The van der Waals surface area contributed by atoms with Crippen molar-refractivity contribution in [3.05, 3.63) is 71.4 Å². The number of likely N-dealkylation sites (tertiary alicyclic amines) is 1. The highest BCUT2D eigenvalue weighted by Gasteiger charge is 2.26. The van der Waals surface area contributed by atoms with Gasteiger partial charge < -0.3 is 4.74 Å². The fourth-order valence-corrected chi connectivity index (χ4v) is 4.28. The van der Waals surface area contributed by atoms with Crippen LogP contribution in [0.1, 0.15) is 56.2 Å². The molecule has 0 spiro atoms. The summed E-state index contributed by atoms with van der Waals surface area (Å²) in [5, 5.41) is 1.02. The number of halogens is 2. The number of ether oxygens (including phenoxy) is 1. The molecule has 4 rings (SSSR count). The van der Waals surface area contributed by atoms with Crippen LogP contribution < -0.4 is 0 Å². The van der Waals surface area contributed by atoms with E-state index >= 15 is 0 Å². The molecule has 3 aromatic rings. The van der Waals surface area contributed by atoms with Crippen molar-refractivity contribution in [2.75, 3.05) is 13.1 Å². The van der Waals surface area contributed by atoms with Gasteiger partial charge in [-0.05, 0) is 62.9 Å². The van der Waals surface area contributed by atoms with Crippen LogP contribution >= 0.6 is 0 Å². The first-order valence-electron chi connectivity index (χ1n) is 10.6. The largest absolute Gasteiger partial charge is 0.443 e. The van der Waals surface area contributed by atoms with Gasteiger partial charge in [-0.2, -0.15) is 0 Å². The number of benzene rings is 2. The number of hydrogen-bond donors (Lipinski definition) is 0. The SMILES string of the molecule is CC(C)(C)OC(=O)n1cc(CN2CCC(c3cccc(C(F)F)c3)C2)c2ccccc21. The summed E-state index contributed by atoms with van der Waals surface area (Å²) in [6.45, 7) is 7.94. The molecule has 0 aliphatic carbocycles. The van der Waals surface area contributed by atoms with E-state index in [1.54, 1.807) is 16.7 Å². The van der Waals surface area contributed by atoms with Gasteiger partial charge >= 0.3 is 6.09 Å². The standard InChI is InChI=1S/C25H28F2N2O2/c1-25(2,3)31-24(30)29-16-20(21-9-4-5-10-22(21)29)15-28-12-11-19(14-28)17-7-6-8-18(13-17)23(26)27/h4-10,13,16,19,23H,11-12,14-15H2,1-3H3. The van der Waals surface area contributed by atoms with Gasteiger partial charge in [0.05, 0.1) is 5.52 Å². The average Bonchev–Trinajstić information content (AvgIpc) is 3.32. The first-order valence-corrected chi connectivity index (χ1v) is 10.6. The summed E-state index contributed by atoms with van der Waals surface area (Å²) in [5.41, 5.74) is 2.36. The molecule has 31 heavy (non-hydrogen) atoms. The molecule has 1 atom stereocenters. The summed E-state index contributed by atoms with van der Waals surface area (Å²) in [7, 11) is 0. The number of aromatic nitrogens is 1. The molecule has 0 amide bonds. The Morgan fingerprint density at radius 2 is 1.94 bits per heavy atom. The van der Waals surface area contributed by atoms with Crippen molar-refractivity contribution in [1.82, 2.24) is 9.47 Å². The highest BCUT2D eigenvalue weighted by Crippen LogP contribution is 2.32. The average molecular weight is 427 g/mol. The number of hydrogen-bond acceptors (Lipinski definition) is 3. The molecule has 1 aliphatic rings. The fourth-order valence-electron chi connectivity index (χ4n) is 4.28. The van der Waals surface area contributed by atoms with Gasteiger partial charge in [0, 0.05) is 30.2 Å². The highest BCUT2D eigenvalue weighted by molar-refractivity contribution is 5.92. The molecule has 0 bridgehead atoms. The molecule has 4 nitrogen and oxygen atoms in total. The lowest BCUT2D eigenvalue weighted by Gasteiger charge is -2.19. The number of nitrogens with zero attached hydrogens (tertiary/aromatic N) is 2. The zero-order chi connectivity index (χ0) is 22.2. The first-order chi connectivity index (χ1) is 14.7. The Hall–Kier alpha value is -2.73. The van der Waals surface area contributed by atoms with E-state index in [2.05, 4.69) is 4.90 Å². The summed E-state index contributed by atoms with van der Waals surface area (Å²) in [5.74, 6) is 0.234. The number of carbonyl (C=O) groups is 1. The molecule has 164 valence electrons. The lowest BCUT2D eigenvalue weighted by molar-refractivity contribution is 0.0544. The summed E-state index contributed by atoms with van der Waals surface area (Å²) < 4.78 is 33.3. The Morgan fingerprint density at radius 1 is 1.16 bits per heavy atom. The third-order valence-corrected chi connectivity index (χ3v) is 5.69. The second kappa shape index (κ2) is 8.42. The van der Waals surface area contributed by atoms with Gasteiger partial charge in [0.1, 0.15) is 5.60 Å². The van der Waals surface area contributed by atoms with Crippen LogP contribution in [-0.4, -0.2) is 34.3 Å². The van der Waals surface area contributed by atoms with E-state index in [-0.39, 0.29) is 11.5 Å². The van der Waals surface area contributed by atoms with E-state index in [0.29, 0.717) is 6.54 Å². The Kier molecular flexibility index (Phi) is 5.84. The van der Waals surface area contributed by atoms with E-state index < -0.39 is 18.1 Å². The molecule has 0 radical (unpaired) electrons. The smallest absolute Gasteiger partial charge is 0.419 e. The minimum absolute atomic E-state index is 0.0800.